The van der Waals surface area contributed by atoms with Crippen LogP contribution in [0.25, 0.3) is 0 Å². The second-order valence-electron chi connectivity index (χ2n) is 6.32. The minimum atomic E-state index is -0.806. The highest BCUT2D eigenvalue weighted by molar-refractivity contribution is 7.17. The largest absolute Gasteiger partial charge is 0.478 e. The van der Waals surface area contributed by atoms with E-state index in [2.05, 4.69) is 15.0 Å². The molecule has 2 amide bonds. The zero-order valence-corrected chi connectivity index (χ0v) is 17.1. The molecule has 0 saturated heterocycles. The summed E-state index contributed by atoms with van der Waals surface area (Å²) in [5.74, 6) is -1.35. The predicted molar refractivity (Wildman–Crippen MR) is 107 cm³/mol. The summed E-state index contributed by atoms with van der Waals surface area (Å²) >= 11 is 0.945. The van der Waals surface area contributed by atoms with Gasteiger partial charge in [-0.25, -0.2) is 9.78 Å². The number of ether oxygens (including phenoxy) is 2. The lowest BCUT2D eigenvalue weighted by Crippen LogP contribution is -2.48. The Balaban J connectivity index is 1.85. The van der Waals surface area contributed by atoms with Crippen LogP contribution in [0.5, 0.6) is 5.75 Å². The van der Waals surface area contributed by atoms with Gasteiger partial charge in [0.15, 0.2) is 11.2 Å². The number of nitrogens with zero attached hydrogens (tertiary/aromatic N) is 3. The van der Waals surface area contributed by atoms with Gasteiger partial charge in [0.2, 0.25) is 5.91 Å². The molecular weight excluding hydrogens is 416 g/mol. The van der Waals surface area contributed by atoms with Crippen LogP contribution in [-0.4, -0.2) is 47.4 Å². The van der Waals surface area contributed by atoms with Crippen LogP contribution in [-0.2, 0) is 14.3 Å². The third kappa shape index (κ3) is 4.08. The molecule has 1 aromatic carbocycles. The number of rotatable bonds is 6. The smallest absolute Gasteiger partial charge is 0.350 e. The molecule has 0 saturated carbocycles. The molecule has 1 aliphatic heterocycles. The standard InChI is InChI=1S/C18H18N4O7S/c1-4-12-16(24)21(11-7-10(22(26)27)5-6-13(11)29-12)8-14(23)20-18-19-9(2)15(30-18)17(25)28-3/h5-7,12H,4,8H2,1-3H3,(H,19,20,23). The Morgan fingerprint density at radius 2 is 2.17 bits per heavy atom. The molecule has 0 spiro atoms. The first kappa shape index (κ1) is 21.2. The molecule has 2 aromatic rings. The lowest BCUT2D eigenvalue weighted by Gasteiger charge is -2.33. The number of fused-ring (bicyclic) bond motifs is 1. The second-order valence-corrected chi connectivity index (χ2v) is 7.32. The fourth-order valence-electron chi connectivity index (χ4n) is 2.88. The number of methoxy groups -OCH3 is 1. The first-order chi connectivity index (χ1) is 14.2. The lowest BCUT2D eigenvalue weighted by atomic mass is 10.1. The monoisotopic (exact) mass is 434 g/mol. The van der Waals surface area contributed by atoms with Crippen LogP contribution >= 0.6 is 11.3 Å². The first-order valence-electron chi connectivity index (χ1n) is 8.87. The second kappa shape index (κ2) is 8.45. The number of esters is 1. The van der Waals surface area contributed by atoms with Crippen LogP contribution in [0.1, 0.15) is 28.7 Å². The summed E-state index contributed by atoms with van der Waals surface area (Å²) in [5.41, 5.74) is 0.306. The van der Waals surface area contributed by atoms with Crippen molar-refractivity contribution in [2.45, 2.75) is 26.4 Å². The summed E-state index contributed by atoms with van der Waals surface area (Å²) in [5, 5.41) is 13.8. The normalized spacial score (nSPS) is 15.2. The number of aryl methyl sites for hydroxylation is 1. The third-order valence-electron chi connectivity index (χ3n) is 4.34. The number of hydrogen-bond donors (Lipinski definition) is 1. The summed E-state index contributed by atoms with van der Waals surface area (Å²) in [6.45, 7) is 2.95. The molecular formula is C18H18N4O7S. The van der Waals surface area contributed by atoms with Gasteiger partial charge in [-0.05, 0) is 19.4 Å². The van der Waals surface area contributed by atoms with E-state index in [9.17, 15) is 24.5 Å². The number of nitro benzene ring substituents is 1. The Bertz CT molecular complexity index is 1040. The topological polar surface area (TPSA) is 141 Å². The van der Waals surface area contributed by atoms with Crippen molar-refractivity contribution in [1.29, 1.82) is 0 Å². The first-order valence-corrected chi connectivity index (χ1v) is 9.68. The molecule has 0 radical (unpaired) electrons. The Hall–Kier alpha value is -3.54. The van der Waals surface area contributed by atoms with E-state index < -0.39 is 35.4 Å². The predicted octanol–water partition coefficient (Wildman–Crippen LogP) is 2.29. The number of nitro groups is 1. The molecule has 1 N–H and O–H groups in total. The highest BCUT2D eigenvalue weighted by Crippen LogP contribution is 2.37. The fraction of sp³-hybridized carbons (Fsp3) is 0.333. The maximum absolute atomic E-state index is 12.8. The summed E-state index contributed by atoms with van der Waals surface area (Å²) in [4.78, 5) is 53.1. The maximum atomic E-state index is 12.8. The number of aromatic nitrogens is 1. The quantitative estimate of drug-likeness (QED) is 0.415. The number of anilines is 2. The number of carbonyl (C=O) groups is 3. The van der Waals surface area contributed by atoms with Crippen molar-refractivity contribution in [1.82, 2.24) is 4.98 Å². The molecule has 1 aromatic heterocycles. The van der Waals surface area contributed by atoms with Gasteiger partial charge in [-0.15, -0.1) is 0 Å². The molecule has 0 bridgehead atoms. The van der Waals surface area contributed by atoms with Crippen LogP contribution in [0, 0.1) is 17.0 Å². The van der Waals surface area contributed by atoms with Crippen molar-refractivity contribution >= 4 is 45.6 Å². The molecule has 3 rings (SSSR count). The number of non-ortho nitro benzene ring substituents is 1. The number of amides is 2. The minimum absolute atomic E-state index is 0.139. The van der Waals surface area contributed by atoms with E-state index >= 15 is 0 Å². The van der Waals surface area contributed by atoms with Crippen molar-refractivity contribution in [3.8, 4) is 5.75 Å². The van der Waals surface area contributed by atoms with E-state index in [-0.39, 0.29) is 27.1 Å². The van der Waals surface area contributed by atoms with Gasteiger partial charge in [-0.1, -0.05) is 18.3 Å². The molecule has 1 atom stereocenters. The molecule has 0 fully saturated rings. The molecule has 30 heavy (non-hydrogen) atoms. The van der Waals surface area contributed by atoms with Crippen molar-refractivity contribution in [2.24, 2.45) is 0 Å². The lowest BCUT2D eigenvalue weighted by molar-refractivity contribution is -0.384. The molecule has 12 heteroatoms. The molecule has 1 aliphatic rings. The highest BCUT2D eigenvalue weighted by Gasteiger charge is 2.35. The summed E-state index contributed by atoms with van der Waals surface area (Å²) in [7, 11) is 1.24. The van der Waals surface area contributed by atoms with Crippen molar-refractivity contribution in [2.75, 3.05) is 23.9 Å². The zero-order valence-electron chi connectivity index (χ0n) is 16.3. The van der Waals surface area contributed by atoms with Gasteiger partial charge in [-0.3, -0.25) is 24.6 Å². The van der Waals surface area contributed by atoms with Gasteiger partial charge in [0.05, 0.1) is 23.4 Å². The number of benzene rings is 1. The minimum Gasteiger partial charge on any atom is -0.478 e. The SMILES string of the molecule is CCC1Oc2ccc([N+](=O)[O-])cc2N(CC(=O)Nc2nc(C)c(C(=O)OC)s2)C1=O. The van der Waals surface area contributed by atoms with Gasteiger partial charge in [0.1, 0.15) is 17.2 Å². The molecule has 11 nitrogen and oxygen atoms in total. The van der Waals surface area contributed by atoms with Crippen LogP contribution in [0.4, 0.5) is 16.5 Å². The fourth-order valence-corrected chi connectivity index (χ4v) is 3.78. The van der Waals surface area contributed by atoms with E-state index in [0.29, 0.717) is 12.1 Å². The van der Waals surface area contributed by atoms with E-state index in [1.807, 2.05) is 0 Å². The van der Waals surface area contributed by atoms with Crippen molar-refractivity contribution < 1.29 is 28.8 Å². The van der Waals surface area contributed by atoms with Gasteiger partial charge in [0, 0.05) is 12.1 Å². The summed E-state index contributed by atoms with van der Waals surface area (Å²) < 4.78 is 10.3. The molecule has 1 unspecified atom stereocenters. The van der Waals surface area contributed by atoms with Gasteiger partial charge in [-0.2, -0.15) is 0 Å². The summed E-state index contributed by atoms with van der Waals surface area (Å²) in [6.07, 6.45) is -0.443. The summed E-state index contributed by atoms with van der Waals surface area (Å²) in [6, 6.07) is 3.86. The van der Waals surface area contributed by atoms with E-state index in [0.717, 1.165) is 16.2 Å². The number of thiazole rings is 1. The number of hydrogen-bond acceptors (Lipinski definition) is 9. The molecule has 2 heterocycles. The average Bonchev–Trinajstić information content (AvgIpc) is 3.08. The third-order valence-corrected chi connectivity index (χ3v) is 5.39. The highest BCUT2D eigenvalue weighted by atomic mass is 32.1. The van der Waals surface area contributed by atoms with E-state index in [4.69, 9.17) is 4.74 Å². The van der Waals surface area contributed by atoms with Gasteiger partial charge < -0.3 is 14.8 Å². The Labute approximate surface area is 174 Å². The Kier molecular flexibility index (Phi) is 5.96. The number of carbonyl (C=O) groups excluding carboxylic acids is 3. The van der Waals surface area contributed by atoms with Crippen LogP contribution in [0.15, 0.2) is 18.2 Å². The van der Waals surface area contributed by atoms with Gasteiger partial charge in [0.25, 0.3) is 11.6 Å². The van der Waals surface area contributed by atoms with E-state index in [1.54, 1.807) is 13.8 Å². The van der Waals surface area contributed by atoms with Crippen LogP contribution < -0.4 is 15.0 Å². The maximum Gasteiger partial charge on any atom is 0.350 e. The average molecular weight is 434 g/mol. The molecule has 0 aliphatic carbocycles. The van der Waals surface area contributed by atoms with Gasteiger partial charge >= 0.3 is 5.97 Å². The van der Waals surface area contributed by atoms with Crippen molar-refractivity contribution in [3.63, 3.8) is 0 Å². The number of nitrogens with one attached hydrogen (secondary N) is 1. The van der Waals surface area contributed by atoms with Crippen LogP contribution in [0.2, 0.25) is 0 Å². The van der Waals surface area contributed by atoms with Crippen LogP contribution in [0.3, 0.4) is 0 Å². The Morgan fingerprint density at radius 1 is 1.43 bits per heavy atom. The Morgan fingerprint density at radius 3 is 2.80 bits per heavy atom. The van der Waals surface area contributed by atoms with E-state index in [1.165, 1.54) is 25.3 Å². The zero-order chi connectivity index (χ0) is 22.0. The van der Waals surface area contributed by atoms with Crippen molar-refractivity contribution in [3.05, 3.63) is 38.9 Å². The molecule has 158 valence electrons.